The molecule has 0 fully saturated rings. The highest BCUT2D eigenvalue weighted by Gasteiger charge is 2.71. The van der Waals surface area contributed by atoms with Gasteiger partial charge < -0.3 is 4.43 Å². The minimum Gasteiger partial charge on any atom is -0.515 e. The molecule has 5 nitrogen and oxygen atoms in total. The topological polar surface area (TPSA) is 80.7 Å². The molecule has 0 aliphatic carbocycles. The van der Waals surface area contributed by atoms with Crippen LogP contribution in [0.4, 0.5) is 17.6 Å². The molecule has 0 spiro atoms. The van der Waals surface area contributed by atoms with Crippen molar-refractivity contribution in [2.24, 2.45) is 0 Å². The third-order valence-corrected chi connectivity index (χ3v) is 3.05. The van der Waals surface area contributed by atoms with Crippen LogP contribution >= 0.6 is 0 Å². The van der Waals surface area contributed by atoms with E-state index in [4.69, 9.17) is 4.55 Å². The zero-order valence-electron chi connectivity index (χ0n) is 9.00. The largest absolute Gasteiger partial charge is 0.515 e. The van der Waals surface area contributed by atoms with Gasteiger partial charge in [-0.15, -0.1) is 0 Å². The van der Waals surface area contributed by atoms with Crippen LogP contribution in [0.2, 0.25) is 19.6 Å². The second-order valence-corrected chi connectivity index (χ2v) is 9.96. The van der Waals surface area contributed by atoms with E-state index in [0.29, 0.717) is 0 Å². The van der Waals surface area contributed by atoms with Gasteiger partial charge in [0.05, 0.1) is 0 Å². The Labute approximate surface area is 95.6 Å². The molecular formula is C6H10F4O5SSi. The Morgan fingerprint density at radius 2 is 1.53 bits per heavy atom. The summed E-state index contributed by atoms with van der Waals surface area (Å²) < 4.78 is 83.3. The van der Waals surface area contributed by atoms with Crippen molar-refractivity contribution in [1.29, 1.82) is 0 Å². The van der Waals surface area contributed by atoms with Crippen LogP contribution in [0, 0.1) is 0 Å². The van der Waals surface area contributed by atoms with Crippen LogP contribution in [0.1, 0.15) is 0 Å². The molecule has 0 aliphatic rings. The van der Waals surface area contributed by atoms with Crippen LogP contribution in [0.3, 0.4) is 0 Å². The number of hydrogen-bond donors (Lipinski definition) is 1. The lowest BCUT2D eigenvalue weighted by Gasteiger charge is -2.25. The molecule has 0 saturated heterocycles. The fourth-order valence-electron chi connectivity index (χ4n) is 0.623. The van der Waals surface area contributed by atoms with Crippen molar-refractivity contribution in [2.45, 2.75) is 30.8 Å². The molecule has 0 saturated carbocycles. The lowest BCUT2D eigenvalue weighted by molar-refractivity contribution is -0.197. The fourth-order valence-corrected chi connectivity index (χ4v) is 1.71. The Bertz CT molecular complexity index is 413. The van der Waals surface area contributed by atoms with Crippen LogP contribution < -0.4 is 0 Å². The zero-order chi connectivity index (χ0) is 14.3. The van der Waals surface area contributed by atoms with Crippen molar-refractivity contribution < 1.29 is 39.8 Å². The van der Waals surface area contributed by atoms with Gasteiger partial charge in [-0.05, 0) is 19.6 Å². The van der Waals surface area contributed by atoms with Gasteiger partial charge in [-0.2, -0.15) is 26.0 Å². The zero-order valence-corrected chi connectivity index (χ0v) is 10.8. The first-order valence-electron chi connectivity index (χ1n) is 4.09. The quantitative estimate of drug-likeness (QED) is 0.483. The normalized spacial score (nSPS) is 14.6. The molecule has 0 aliphatic heterocycles. The molecule has 0 amide bonds. The van der Waals surface area contributed by atoms with Crippen LogP contribution in [0.5, 0.6) is 0 Å². The van der Waals surface area contributed by atoms with E-state index < -0.39 is 35.6 Å². The standard InChI is InChI=1S/C6H10F4O5SSi/c1-17(2,3)15-4(11)5(7,8)6(9,10)16(12,13)14/h1-3H3,(H,12,13,14). The van der Waals surface area contributed by atoms with Gasteiger partial charge in [0.15, 0.2) is 0 Å². The van der Waals surface area contributed by atoms with Crippen LogP contribution in [-0.2, 0) is 19.3 Å². The third-order valence-electron chi connectivity index (χ3n) is 1.34. The van der Waals surface area contributed by atoms with Crippen molar-refractivity contribution in [3.63, 3.8) is 0 Å². The Kier molecular flexibility index (Phi) is 4.04. The van der Waals surface area contributed by atoms with Gasteiger partial charge in [0.1, 0.15) is 0 Å². The smallest absolute Gasteiger partial charge is 0.443 e. The SMILES string of the molecule is C[Si](C)(C)OC(=O)C(F)(F)C(F)(F)S(=O)(=O)O. The summed E-state index contributed by atoms with van der Waals surface area (Å²) in [7, 11) is -9.34. The summed E-state index contributed by atoms with van der Waals surface area (Å²) in [6, 6.07) is 0. The highest BCUT2D eigenvalue weighted by Crippen LogP contribution is 2.39. The van der Waals surface area contributed by atoms with Crippen molar-refractivity contribution in [3.05, 3.63) is 0 Å². The summed E-state index contributed by atoms with van der Waals surface area (Å²) in [6.45, 7) is 3.77. The number of carbonyl (C=O) groups excluding carboxylic acids is 1. The van der Waals surface area contributed by atoms with Gasteiger partial charge in [0.25, 0.3) is 0 Å². The average Bonchev–Trinajstić information content (AvgIpc) is 1.97. The second-order valence-electron chi connectivity index (χ2n) is 4.07. The van der Waals surface area contributed by atoms with Crippen molar-refractivity contribution >= 4 is 24.4 Å². The highest BCUT2D eigenvalue weighted by atomic mass is 32.2. The molecule has 11 heteroatoms. The molecular weight excluding hydrogens is 288 g/mol. The van der Waals surface area contributed by atoms with Crippen molar-refractivity contribution in [2.75, 3.05) is 0 Å². The molecule has 102 valence electrons. The monoisotopic (exact) mass is 298 g/mol. The lowest BCUT2D eigenvalue weighted by Crippen LogP contribution is -2.54. The van der Waals surface area contributed by atoms with Gasteiger partial charge in [0.2, 0.25) is 8.32 Å². The summed E-state index contributed by atoms with van der Waals surface area (Å²) in [5, 5.41) is -5.93. The summed E-state index contributed by atoms with van der Waals surface area (Å²) in [5.41, 5.74) is 0. The first-order chi connectivity index (χ1) is 7.13. The number of alkyl halides is 4. The number of hydrogen-bond acceptors (Lipinski definition) is 4. The average molecular weight is 298 g/mol. The van der Waals surface area contributed by atoms with Gasteiger partial charge in [-0.1, -0.05) is 0 Å². The van der Waals surface area contributed by atoms with Crippen LogP contribution in [0.25, 0.3) is 0 Å². The first kappa shape index (κ1) is 16.3. The van der Waals surface area contributed by atoms with E-state index in [1.807, 2.05) is 0 Å². The molecule has 0 bridgehead atoms. The van der Waals surface area contributed by atoms with Gasteiger partial charge >= 0.3 is 27.3 Å². The first-order valence-corrected chi connectivity index (χ1v) is 8.94. The maximum absolute atomic E-state index is 12.9. The molecule has 0 atom stereocenters. The molecule has 0 rings (SSSR count). The number of carbonyl (C=O) groups is 1. The number of halogens is 4. The molecule has 0 radical (unpaired) electrons. The minimum atomic E-state index is -6.43. The Morgan fingerprint density at radius 1 is 1.18 bits per heavy atom. The summed E-state index contributed by atoms with van der Waals surface area (Å²) in [4.78, 5) is 10.8. The van der Waals surface area contributed by atoms with E-state index >= 15 is 0 Å². The van der Waals surface area contributed by atoms with Crippen LogP contribution in [0.15, 0.2) is 0 Å². The number of rotatable bonds is 4. The van der Waals surface area contributed by atoms with E-state index in [1.165, 1.54) is 19.6 Å². The van der Waals surface area contributed by atoms with E-state index in [0.717, 1.165) is 0 Å². The maximum atomic E-state index is 12.9. The Balaban J connectivity index is 5.37. The predicted octanol–water partition coefficient (Wildman–Crippen LogP) is 1.48. The van der Waals surface area contributed by atoms with E-state index in [-0.39, 0.29) is 0 Å². The van der Waals surface area contributed by atoms with Crippen LogP contribution in [-0.4, -0.2) is 38.4 Å². The molecule has 0 aromatic heterocycles. The maximum Gasteiger partial charge on any atom is 0.443 e. The highest BCUT2D eigenvalue weighted by molar-refractivity contribution is 7.87. The second kappa shape index (κ2) is 4.21. The molecule has 17 heavy (non-hydrogen) atoms. The minimum absolute atomic E-state index is 1.26. The molecule has 0 aromatic rings. The van der Waals surface area contributed by atoms with Crippen molar-refractivity contribution in [1.82, 2.24) is 0 Å². The predicted molar refractivity (Wildman–Crippen MR) is 50.9 cm³/mol. The molecule has 0 heterocycles. The molecule has 0 unspecified atom stereocenters. The van der Waals surface area contributed by atoms with Gasteiger partial charge in [-0.25, -0.2) is 4.79 Å². The Morgan fingerprint density at radius 3 is 1.76 bits per heavy atom. The molecule has 1 N–H and O–H groups in total. The van der Waals surface area contributed by atoms with E-state index in [9.17, 15) is 30.8 Å². The molecule has 0 aromatic carbocycles. The summed E-state index contributed by atoms with van der Waals surface area (Å²) >= 11 is 0. The Hall–Kier alpha value is -0.683. The van der Waals surface area contributed by atoms with E-state index in [1.54, 1.807) is 0 Å². The van der Waals surface area contributed by atoms with Crippen molar-refractivity contribution in [3.8, 4) is 0 Å². The van der Waals surface area contributed by atoms with E-state index in [2.05, 4.69) is 4.43 Å². The van der Waals surface area contributed by atoms with Gasteiger partial charge in [0, 0.05) is 0 Å². The third kappa shape index (κ3) is 3.39. The summed E-state index contributed by atoms with van der Waals surface area (Å²) in [6.07, 6.45) is 0. The fraction of sp³-hybridized carbons (Fsp3) is 0.833. The summed E-state index contributed by atoms with van der Waals surface area (Å²) in [5.74, 6) is -8.33. The van der Waals surface area contributed by atoms with Gasteiger partial charge in [-0.3, -0.25) is 4.55 Å². The lowest BCUT2D eigenvalue weighted by atomic mass is 10.3.